The summed E-state index contributed by atoms with van der Waals surface area (Å²) < 4.78 is 38.1. The van der Waals surface area contributed by atoms with Crippen LogP contribution in [0, 0.1) is 23.2 Å². The van der Waals surface area contributed by atoms with Crippen molar-refractivity contribution < 1.29 is 18.0 Å². The lowest BCUT2D eigenvalue weighted by Crippen LogP contribution is -2.53. The molecule has 1 saturated heterocycles. The SMILES string of the molecule is CC(C)(C)C(=O)N1CC2CCCC(C1)C2CC(F)(F)F. The molecule has 2 aliphatic rings. The van der Waals surface area contributed by atoms with E-state index in [1.807, 2.05) is 20.8 Å². The van der Waals surface area contributed by atoms with Gasteiger partial charge in [-0.25, -0.2) is 0 Å². The Morgan fingerprint density at radius 3 is 2.00 bits per heavy atom. The molecule has 1 aliphatic carbocycles. The van der Waals surface area contributed by atoms with Gasteiger partial charge in [-0.15, -0.1) is 0 Å². The van der Waals surface area contributed by atoms with E-state index >= 15 is 0 Å². The second-order valence-corrected chi connectivity index (χ2v) is 7.39. The molecule has 116 valence electrons. The molecule has 2 unspecified atom stereocenters. The highest BCUT2D eigenvalue weighted by atomic mass is 19.4. The van der Waals surface area contributed by atoms with Crippen LogP contribution in [0.25, 0.3) is 0 Å². The maximum absolute atomic E-state index is 12.7. The summed E-state index contributed by atoms with van der Waals surface area (Å²) in [6.07, 6.45) is -2.12. The van der Waals surface area contributed by atoms with E-state index < -0.39 is 18.0 Å². The number of hydrogen-bond acceptors (Lipinski definition) is 1. The number of alkyl halides is 3. The van der Waals surface area contributed by atoms with Crippen molar-refractivity contribution in [1.29, 1.82) is 0 Å². The van der Waals surface area contributed by atoms with E-state index in [1.165, 1.54) is 0 Å². The van der Waals surface area contributed by atoms with Gasteiger partial charge in [0.25, 0.3) is 0 Å². The molecule has 0 aromatic carbocycles. The number of nitrogens with zero attached hydrogens (tertiary/aromatic N) is 1. The van der Waals surface area contributed by atoms with Gasteiger partial charge in [0.1, 0.15) is 0 Å². The third-order valence-electron chi connectivity index (χ3n) is 4.67. The third-order valence-corrected chi connectivity index (χ3v) is 4.67. The Balaban J connectivity index is 2.09. The monoisotopic (exact) mass is 291 g/mol. The Morgan fingerprint density at radius 2 is 1.60 bits per heavy atom. The van der Waals surface area contributed by atoms with Gasteiger partial charge >= 0.3 is 6.18 Å². The Bertz CT molecular complexity index is 358. The Morgan fingerprint density at radius 1 is 1.10 bits per heavy atom. The van der Waals surface area contributed by atoms with Gasteiger partial charge in [0.2, 0.25) is 5.91 Å². The maximum atomic E-state index is 12.7. The molecule has 1 saturated carbocycles. The number of piperidine rings is 1. The van der Waals surface area contributed by atoms with Gasteiger partial charge in [-0.2, -0.15) is 13.2 Å². The second kappa shape index (κ2) is 5.23. The zero-order chi connectivity index (χ0) is 15.1. The molecule has 5 heteroatoms. The van der Waals surface area contributed by atoms with Gasteiger partial charge in [-0.1, -0.05) is 27.2 Å². The fraction of sp³-hybridized carbons (Fsp3) is 0.933. The van der Waals surface area contributed by atoms with Crippen LogP contribution in [-0.4, -0.2) is 30.1 Å². The predicted molar refractivity (Wildman–Crippen MR) is 71.0 cm³/mol. The molecule has 1 heterocycles. The van der Waals surface area contributed by atoms with Gasteiger partial charge < -0.3 is 4.90 Å². The number of rotatable bonds is 1. The van der Waals surface area contributed by atoms with Crippen LogP contribution in [0.5, 0.6) is 0 Å². The number of hydrogen-bond donors (Lipinski definition) is 0. The minimum atomic E-state index is -4.09. The first kappa shape index (κ1) is 15.6. The van der Waals surface area contributed by atoms with Crippen molar-refractivity contribution in [3.8, 4) is 0 Å². The molecule has 1 aliphatic heterocycles. The first-order chi connectivity index (χ1) is 9.08. The maximum Gasteiger partial charge on any atom is 0.389 e. The van der Waals surface area contributed by atoms with E-state index in [1.54, 1.807) is 4.90 Å². The summed E-state index contributed by atoms with van der Waals surface area (Å²) in [5.41, 5.74) is -0.453. The van der Waals surface area contributed by atoms with Crippen molar-refractivity contribution in [3.05, 3.63) is 0 Å². The van der Waals surface area contributed by atoms with Crippen LogP contribution in [0.1, 0.15) is 46.5 Å². The number of halogens is 3. The largest absolute Gasteiger partial charge is 0.389 e. The predicted octanol–water partition coefficient (Wildman–Crippen LogP) is 3.86. The van der Waals surface area contributed by atoms with Crippen molar-refractivity contribution in [2.75, 3.05) is 13.1 Å². The molecular weight excluding hydrogens is 267 g/mol. The Labute approximate surface area is 118 Å². The lowest BCUT2D eigenvalue weighted by Gasteiger charge is -2.48. The minimum Gasteiger partial charge on any atom is -0.342 e. The van der Waals surface area contributed by atoms with Gasteiger partial charge in [0.15, 0.2) is 0 Å². The molecule has 2 bridgehead atoms. The average molecular weight is 291 g/mol. The molecule has 1 amide bonds. The summed E-state index contributed by atoms with van der Waals surface area (Å²) in [6, 6.07) is 0. The van der Waals surface area contributed by atoms with E-state index in [-0.39, 0.29) is 23.7 Å². The highest BCUT2D eigenvalue weighted by molar-refractivity contribution is 5.81. The first-order valence-corrected chi connectivity index (χ1v) is 7.44. The summed E-state index contributed by atoms with van der Waals surface area (Å²) in [5.74, 6) is -0.168. The van der Waals surface area contributed by atoms with Crippen LogP contribution in [-0.2, 0) is 4.79 Å². The molecule has 0 radical (unpaired) electrons. The molecule has 2 rings (SSSR count). The zero-order valence-corrected chi connectivity index (χ0v) is 12.5. The summed E-state index contributed by atoms with van der Waals surface area (Å²) in [6.45, 7) is 6.62. The number of fused-ring (bicyclic) bond motifs is 2. The molecule has 0 aromatic heterocycles. The highest BCUT2D eigenvalue weighted by Crippen LogP contribution is 2.45. The number of carbonyl (C=O) groups excluding carboxylic acids is 1. The number of likely N-dealkylation sites (tertiary alicyclic amines) is 1. The molecule has 0 aromatic rings. The normalized spacial score (nSPS) is 31.3. The fourth-order valence-corrected chi connectivity index (χ4v) is 3.79. The van der Waals surface area contributed by atoms with Crippen molar-refractivity contribution >= 4 is 5.91 Å². The van der Waals surface area contributed by atoms with E-state index in [0.717, 1.165) is 19.3 Å². The average Bonchev–Trinajstić information content (AvgIpc) is 2.24. The van der Waals surface area contributed by atoms with Crippen LogP contribution >= 0.6 is 0 Å². The van der Waals surface area contributed by atoms with Crippen LogP contribution in [0.2, 0.25) is 0 Å². The van der Waals surface area contributed by atoms with Crippen LogP contribution in [0.4, 0.5) is 13.2 Å². The fourth-order valence-electron chi connectivity index (χ4n) is 3.79. The van der Waals surface area contributed by atoms with E-state index in [2.05, 4.69) is 0 Å². The summed E-state index contributed by atoms with van der Waals surface area (Å²) in [4.78, 5) is 14.2. The molecular formula is C15H24F3NO. The van der Waals surface area contributed by atoms with Crippen LogP contribution < -0.4 is 0 Å². The second-order valence-electron chi connectivity index (χ2n) is 7.39. The summed E-state index contributed by atoms with van der Waals surface area (Å²) in [5, 5.41) is 0. The minimum absolute atomic E-state index is 0.0235. The Hall–Kier alpha value is -0.740. The van der Waals surface area contributed by atoms with Crippen molar-refractivity contribution in [2.24, 2.45) is 23.2 Å². The smallest absolute Gasteiger partial charge is 0.342 e. The van der Waals surface area contributed by atoms with Crippen molar-refractivity contribution in [1.82, 2.24) is 4.90 Å². The summed E-state index contributed by atoms with van der Waals surface area (Å²) >= 11 is 0. The Kier molecular flexibility index (Phi) is 4.09. The molecule has 2 nitrogen and oxygen atoms in total. The quantitative estimate of drug-likeness (QED) is 0.718. The number of carbonyl (C=O) groups is 1. The van der Waals surface area contributed by atoms with E-state index in [0.29, 0.717) is 13.1 Å². The number of amides is 1. The topological polar surface area (TPSA) is 20.3 Å². The molecule has 20 heavy (non-hydrogen) atoms. The first-order valence-electron chi connectivity index (χ1n) is 7.44. The molecule has 0 spiro atoms. The molecule has 2 fully saturated rings. The van der Waals surface area contributed by atoms with Crippen molar-refractivity contribution in [2.45, 2.75) is 52.6 Å². The van der Waals surface area contributed by atoms with Gasteiger partial charge in [-0.3, -0.25) is 4.79 Å². The lowest BCUT2D eigenvalue weighted by molar-refractivity contribution is -0.167. The van der Waals surface area contributed by atoms with Gasteiger partial charge in [0.05, 0.1) is 0 Å². The molecule has 0 N–H and O–H groups in total. The zero-order valence-electron chi connectivity index (χ0n) is 12.5. The van der Waals surface area contributed by atoms with E-state index in [4.69, 9.17) is 0 Å². The van der Waals surface area contributed by atoms with Gasteiger partial charge in [-0.05, 0) is 30.6 Å². The lowest BCUT2D eigenvalue weighted by atomic mass is 9.67. The standard InChI is InChI=1S/C15H24F3NO/c1-14(2,3)13(20)19-8-10-5-4-6-11(9-19)12(10)7-15(16,17)18/h10-12H,4-9H2,1-3H3. The van der Waals surface area contributed by atoms with Crippen LogP contribution in [0.3, 0.4) is 0 Å². The van der Waals surface area contributed by atoms with Gasteiger partial charge in [0, 0.05) is 24.9 Å². The van der Waals surface area contributed by atoms with Crippen LogP contribution in [0.15, 0.2) is 0 Å². The third kappa shape index (κ3) is 3.47. The van der Waals surface area contributed by atoms with E-state index in [9.17, 15) is 18.0 Å². The van der Waals surface area contributed by atoms with Crippen molar-refractivity contribution in [3.63, 3.8) is 0 Å². The molecule has 2 atom stereocenters. The summed E-state index contributed by atoms with van der Waals surface area (Å²) in [7, 11) is 0. The highest BCUT2D eigenvalue weighted by Gasteiger charge is 2.46.